The van der Waals surface area contributed by atoms with Gasteiger partial charge in [-0.25, -0.2) is 0 Å². The third-order valence-corrected chi connectivity index (χ3v) is 4.41. The van der Waals surface area contributed by atoms with Crippen LogP contribution in [0, 0.1) is 0 Å². The molecule has 0 radical (unpaired) electrons. The zero-order valence-electron chi connectivity index (χ0n) is 15.3. The van der Waals surface area contributed by atoms with Crippen LogP contribution in [0.1, 0.15) is 66.2 Å². The summed E-state index contributed by atoms with van der Waals surface area (Å²) in [5.74, 6) is 0. The Bertz CT molecular complexity index is 159. The maximum absolute atomic E-state index is 5.67. The molecule has 0 aromatic carbocycles. The summed E-state index contributed by atoms with van der Waals surface area (Å²) in [5, 5.41) is 0. The van der Waals surface area contributed by atoms with E-state index in [1.54, 1.807) is 0 Å². The van der Waals surface area contributed by atoms with E-state index in [0.29, 0.717) is 0 Å². The molecule has 0 aromatic heterocycles. The van der Waals surface area contributed by atoms with Gasteiger partial charge in [-0.15, -0.1) is 0 Å². The van der Waals surface area contributed by atoms with Crippen molar-refractivity contribution in [2.75, 3.05) is 40.5 Å². The third-order valence-electron chi connectivity index (χ3n) is 2.89. The van der Waals surface area contributed by atoms with Crippen LogP contribution in [0.5, 0.6) is 0 Å². The van der Waals surface area contributed by atoms with Crippen LogP contribution in [0.4, 0.5) is 0 Å². The van der Waals surface area contributed by atoms with Gasteiger partial charge in [-0.05, 0) is 39.9 Å². The van der Waals surface area contributed by atoms with E-state index < -0.39 is 9.53 Å². The first kappa shape index (κ1) is 23.3. The molecule has 0 saturated carbocycles. The molecule has 0 aliphatic rings. The van der Waals surface area contributed by atoms with Crippen molar-refractivity contribution in [3.05, 3.63) is 0 Å². The molecule has 0 aromatic rings. The molecule has 0 heterocycles. The SMILES string of the molecule is CCCCO[SiH](OCCCC)OCCCC.CCN(C)C. The van der Waals surface area contributed by atoms with Gasteiger partial charge in [-0.3, -0.25) is 0 Å². The van der Waals surface area contributed by atoms with Gasteiger partial charge in [0.05, 0.1) is 0 Å². The average molecular weight is 322 g/mol. The van der Waals surface area contributed by atoms with Crippen LogP contribution in [0.25, 0.3) is 0 Å². The van der Waals surface area contributed by atoms with Crippen molar-refractivity contribution < 1.29 is 13.3 Å². The maximum atomic E-state index is 5.67. The molecular weight excluding hydrogens is 282 g/mol. The molecule has 0 rings (SSSR count). The lowest BCUT2D eigenvalue weighted by Gasteiger charge is -2.16. The summed E-state index contributed by atoms with van der Waals surface area (Å²) in [4.78, 5) is 2.12. The highest BCUT2D eigenvalue weighted by Gasteiger charge is 2.14. The summed E-state index contributed by atoms with van der Waals surface area (Å²) < 4.78 is 17.0. The number of rotatable bonds is 13. The van der Waals surface area contributed by atoms with Crippen LogP contribution >= 0.6 is 0 Å². The van der Waals surface area contributed by atoms with E-state index in [1.807, 2.05) is 0 Å². The highest BCUT2D eigenvalue weighted by Crippen LogP contribution is 2.00. The highest BCUT2D eigenvalue weighted by molar-refractivity contribution is 6.36. The predicted molar refractivity (Wildman–Crippen MR) is 94.0 cm³/mol. The first-order chi connectivity index (χ1) is 10.1. The van der Waals surface area contributed by atoms with Crippen molar-refractivity contribution in [1.29, 1.82) is 0 Å². The Morgan fingerprint density at radius 2 is 0.952 bits per heavy atom. The van der Waals surface area contributed by atoms with Gasteiger partial charge in [0.25, 0.3) is 0 Å². The molecule has 0 atom stereocenters. The Kier molecular flexibility index (Phi) is 22.3. The van der Waals surface area contributed by atoms with E-state index in [4.69, 9.17) is 13.3 Å². The lowest BCUT2D eigenvalue weighted by molar-refractivity contribution is 0.0899. The largest absolute Gasteiger partial charge is 0.484 e. The molecule has 0 bridgehead atoms. The minimum absolute atomic E-state index is 0.783. The zero-order valence-corrected chi connectivity index (χ0v) is 16.5. The number of unbranched alkanes of at least 4 members (excludes halogenated alkanes) is 3. The fraction of sp³-hybridized carbons (Fsp3) is 1.00. The molecule has 130 valence electrons. The van der Waals surface area contributed by atoms with Gasteiger partial charge >= 0.3 is 9.53 Å². The lowest BCUT2D eigenvalue weighted by atomic mass is 10.4. The molecule has 5 heteroatoms. The van der Waals surface area contributed by atoms with Crippen LogP contribution in [0.15, 0.2) is 0 Å². The maximum Gasteiger partial charge on any atom is 0.484 e. The second-order valence-electron chi connectivity index (χ2n) is 5.36. The van der Waals surface area contributed by atoms with E-state index in [9.17, 15) is 0 Å². The van der Waals surface area contributed by atoms with Gasteiger partial charge in [-0.1, -0.05) is 47.0 Å². The highest BCUT2D eigenvalue weighted by atomic mass is 28.3. The fourth-order valence-electron chi connectivity index (χ4n) is 1.12. The molecule has 0 unspecified atom stereocenters. The van der Waals surface area contributed by atoms with E-state index in [2.05, 4.69) is 46.7 Å². The summed E-state index contributed by atoms with van der Waals surface area (Å²) >= 11 is 0. The van der Waals surface area contributed by atoms with Crippen molar-refractivity contribution >= 4 is 9.53 Å². The second kappa shape index (κ2) is 20.1. The topological polar surface area (TPSA) is 30.9 Å². The van der Waals surface area contributed by atoms with E-state index in [-0.39, 0.29) is 0 Å². The molecular formula is C16H39NO3Si. The van der Waals surface area contributed by atoms with Crippen LogP contribution < -0.4 is 0 Å². The minimum atomic E-state index is -1.83. The lowest BCUT2D eigenvalue weighted by Crippen LogP contribution is -2.28. The van der Waals surface area contributed by atoms with Gasteiger partial charge < -0.3 is 18.2 Å². The van der Waals surface area contributed by atoms with Crippen molar-refractivity contribution in [2.24, 2.45) is 0 Å². The summed E-state index contributed by atoms with van der Waals surface area (Å²) in [7, 11) is 2.28. The predicted octanol–water partition coefficient (Wildman–Crippen LogP) is 3.72. The van der Waals surface area contributed by atoms with Gasteiger partial charge in [0.15, 0.2) is 0 Å². The van der Waals surface area contributed by atoms with Crippen LogP contribution in [0.2, 0.25) is 0 Å². The Morgan fingerprint density at radius 3 is 1.14 bits per heavy atom. The summed E-state index contributed by atoms with van der Waals surface area (Å²) in [6, 6.07) is 0. The summed E-state index contributed by atoms with van der Waals surface area (Å²) in [5.41, 5.74) is 0. The fourth-order valence-corrected chi connectivity index (χ4v) is 2.48. The molecule has 0 aliphatic heterocycles. The summed E-state index contributed by atoms with van der Waals surface area (Å²) in [6.45, 7) is 12.1. The first-order valence-corrected chi connectivity index (χ1v) is 10.0. The normalized spacial score (nSPS) is 10.9. The van der Waals surface area contributed by atoms with Gasteiger partial charge in [0.2, 0.25) is 0 Å². The molecule has 0 fully saturated rings. The molecule has 4 nitrogen and oxygen atoms in total. The van der Waals surface area contributed by atoms with E-state index >= 15 is 0 Å². The van der Waals surface area contributed by atoms with Crippen LogP contribution in [-0.2, 0) is 13.3 Å². The Morgan fingerprint density at radius 1 is 0.667 bits per heavy atom. The Balaban J connectivity index is 0. The zero-order chi connectivity index (χ0) is 16.3. The van der Waals surface area contributed by atoms with Crippen molar-refractivity contribution in [2.45, 2.75) is 66.2 Å². The van der Waals surface area contributed by atoms with Crippen molar-refractivity contribution in [3.8, 4) is 0 Å². The number of hydrogen-bond donors (Lipinski definition) is 0. The Labute approximate surface area is 135 Å². The van der Waals surface area contributed by atoms with Crippen LogP contribution in [-0.4, -0.2) is 54.9 Å². The molecule has 0 saturated heterocycles. The summed E-state index contributed by atoms with van der Waals surface area (Å²) in [6.07, 6.45) is 6.76. The molecule has 0 aliphatic carbocycles. The molecule has 0 N–H and O–H groups in total. The monoisotopic (exact) mass is 321 g/mol. The quantitative estimate of drug-likeness (QED) is 0.382. The second-order valence-corrected chi connectivity index (χ2v) is 6.93. The Hall–Kier alpha value is 0.0569. The van der Waals surface area contributed by atoms with Crippen molar-refractivity contribution in [1.82, 2.24) is 4.90 Å². The molecule has 0 spiro atoms. The van der Waals surface area contributed by atoms with Crippen molar-refractivity contribution in [3.63, 3.8) is 0 Å². The van der Waals surface area contributed by atoms with E-state index in [0.717, 1.165) is 64.9 Å². The standard InChI is InChI=1S/C12H28O3Si.C4H11N/c1-4-7-10-13-16(14-11-8-5-2)15-12-9-6-3;1-4-5(2)3/h16H,4-12H2,1-3H3;4H2,1-3H3. The third kappa shape index (κ3) is 22.5. The number of nitrogens with zero attached hydrogens (tertiary/aromatic N) is 1. The van der Waals surface area contributed by atoms with Gasteiger partial charge in [-0.2, -0.15) is 0 Å². The minimum Gasteiger partial charge on any atom is -0.376 e. The smallest absolute Gasteiger partial charge is 0.376 e. The average Bonchev–Trinajstić information content (AvgIpc) is 2.48. The van der Waals surface area contributed by atoms with Gasteiger partial charge in [0.1, 0.15) is 0 Å². The molecule has 0 amide bonds. The van der Waals surface area contributed by atoms with Crippen LogP contribution in [0.3, 0.4) is 0 Å². The number of hydrogen-bond acceptors (Lipinski definition) is 4. The molecule has 21 heavy (non-hydrogen) atoms. The van der Waals surface area contributed by atoms with E-state index in [1.165, 1.54) is 0 Å². The van der Waals surface area contributed by atoms with Gasteiger partial charge in [0, 0.05) is 19.8 Å². The first-order valence-electron chi connectivity index (χ1n) is 8.61.